The van der Waals surface area contributed by atoms with Crippen LogP contribution in [0.15, 0.2) is 24.3 Å². The Morgan fingerprint density at radius 3 is 2.33 bits per heavy atom. The highest BCUT2D eigenvalue weighted by atomic mass is 19.4. The second kappa shape index (κ2) is 5.84. The molecule has 2 aliphatic carbocycles. The summed E-state index contributed by atoms with van der Waals surface area (Å²) >= 11 is 0. The Balaban J connectivity index is 1.78. The van der Waals surface area contributed by atoms with Crippen molar-refractivity contribution in [3.63, 3.8) is 0 Å². The zero-order valence-electron chi connectivity index (χ0n) is 15.5. The molecule has 2 atom stereocenters. The number of alkyl halides is 3. The molecule has 1 aromatic carbocycles. The van der Waals surface area contributed by atoms with Gasteiger partial charge < -0.3 is 5.32 Å². The number of amides is 1. The van der Waals surface area contributed by atoms with Gasteiger partial charge in [0.15, 0.2) is 5.69 Å². The number of nitrogens with one attached hydrogen (secondary N) is 1. The minimum absolute atomic E-state index is 0.225. The largest absolute Gasteiger partial charge is 0.416 e. The fraction of sp³-hybridized carbons (Fsp3) is 0.500. The van der Waals surface area contributed by atoms with Gasteiger partial charge in [0.05, 0.1) is 16.9 Å². The lowest BCUT2D eigenvalue weighted by Crippen LogP contribution is -2.41. The molecule has 1 amide bonds. The number of rotatable bonds is 2. The van der Waals surface area contributed by atoms with Crippen molar-refractivity contribution in [3.8, 4) is 5.69 Å². The van der Waals surface area contributed by atoms with Gasteiger partial charge in [0.1, 0.15) is 0 Å². The van der Waals surface area contributed by atoms with Crippen LogP contribution in [0, 0.1) is 0 Å². The van der Waals surface area contributed by atoms with Crippen molar-refractivity contribution in [3.05, 3.63) is 46.8 Å². The van der Waals surface area contributed by atoms with Gasteiger partial charge in [-0.05, 0) is 70.2 Å². The van der Waals surface area contributed by atoms with Gasteiger partial charge in [0.25, 0.3) is 5.91 Å². The van der Waals surface area contributed by atoms with E-state index in [0.717, 1.165) is 42.7 Å². The van der Waals surface area contributed by atoms with Crippen LogP contribution in [0.3, 0.4) is 0 Å². The maximum Gasteiger partial charge on any atom is 0.416 e. The van der Waals surface area contributed by atoms with Gasteiger partial charge in [-0.2, -0.15) is 18.3 Å². The average molecular weight is 377 g/mol. The van der Waals surface area contributed by atoms with E-state index in [1.165, 1.54) is 12.1 Å². The van der Waals surface area contributed by atoms with E-state index in [9.17, 15) is 18.0 Å². The summed E-state index contributed by atoms with van der Waals surface area (Å²) in [4.78, 5) is 12.8. The lowest BCUT2D eigenvalue weighted by atomic mass is 9.94. The van der Waals surface area contributed by atoms with Crippen LogP contribution in [0.5, 0.6) is 0 Å². The van der Waals surface area contributed by atoms with Crippen LogP contribution in [-0.2, 0) is 6.18 Å². The maximum atomic E-state index is 12.9. The minimum atomic E-state index is -4.37. The molecule has 27 heavy (non-hydrogen) atoms. The first-order chi connectivity index (χ1) is 12.5. The number of aromatic nitrogens is 2. The smallest absolute Gasteiger partial charge is 0.346 e. The summed E-state index contributed by atoms with van der Waals surface area (Å²) in [6.45, 7) is 5.72. The van der Waals surface area contributed by atoms with E-state index in [1.54, 1.807) is 4.68 Å². The summed E-state index contributed by atoms with van der Waals surface area (Å²) in [5.74, 6) is 0.404. The summed E-state index contributed by atoms with van der Waals surface area (Å²) < 4.78 is 40.2. The van der Waals surface area contributed by atoms with Gasteiger partial charge in [0, 0.05) is 17.0 Å². The molecule has 2 bridgehead atoms. The Hall–Kier alpha value is -2.31. The molecule has 1 fully saturated rings. The first-order valence-corrected chi connectivity index (χ1v) is 9.17. The monoisotopic (exact) mass is 377 g/mol. The van der Waals surface area contributed by atoms with E-state index >= 15 is 0 Å². The van der Waals surface area contributed by atoms with Crippen LogP contribution in [0.2, 0.25) is 0 Å². The normalized spacial score (nSPS) is 21.4. The zero-order chi connectivity index (χ0) is 19.6. The number of carbonyl (C=O) groups excluding carboxylic acids is 1. The summed E-state index contributed by atoms with van der Waals surface area (Å²) in [5.41, 5.74) is 1.86. The van der Waals surface area contributed by atoms with Crippen molar-refractivity contribution in [2.24, 2.45) is 0 Å². The molecular formula is C20H22F3N3O. The predicted octanol–water partition coefficient (Wildman–Crippen LogP) is 4.78. The first-order valence-electron chi connectivity index (χ1n) is 9.17. The average Bonchev–Trinajstić information content (AvgIpc) is 3.24. The van der Waals surface area contributed by atoms with E-state index in [1.807, 2.05) is 20.8 Å². The topological polar surface area (TPSA) is 46.9 Å². The number of carbonyl (C=O) groups is 1. The Bertz CT molecular complexity index is 891. The molecule has 2 aliphatic rings. The highest BCUT2D eigenvalue weighted by molar-refractivity contribution is 5.95. The lowest BCUT2D eigenvalue weighted by molar-refractivity contribution is -0.137. The standard InChI is InChI=1S/C20H22F3N3O/c1-19(2,3)24-18(27)16-15-11-4-5-12(10-11)17(15)26(25-16)14-8-6-13(7-9-14)20(21,22)23/h6-9,11-12H,4-5,10H2,1-3H3,(H,24,27). The van der Waals surface area contributed by atoms with Crippen LogP contribution in [-0.4, -0.2) is 21.2 Å². The van der Waals surface area contributed by atoms with Crippen LogP contribution in [0.25, 0.3) is 5.69 Å². The van der Waals surface area contributed by atoms with Crippen molar-refractivity contribution in [1.29, 1.82) is 0 Å². The zero-order valence-corrected chi connectivity index (χ0v) is 15.5. The summed E-state index contributed by atoms with van der Waals surface area (Å²) in [6, 6.07) is 4.97. The molecule has 0 saturated heterocycles. The number of benzene rings is 1. The second-order valence-electron chi connectivity index (χ2n) is 8.51. The molecule has 1 N–H and O–H groups in total. The quantitative estimate of drug-likeness (QED) is 0.818. The summed E-state index contributed by atoms with van der Waals surface area (Å²) in [6.07, 6.45) is -1.32. The highest BCUT2D eigenvalue weighted by Gasteiger charge is 2.44. The molecule has 4 nitrogen and oxygen atoms in total. The van der Waals surface area contributed by atoms with Crippen LogP contribution < -0.4 is 5.32 Å². The first kappa shape index (κ1) is 18.1. The minimum Gasteiger partial charge on any atom is -0.346 e. The fourth-order valence-electron chi connectivity index (χ4n) is 4.29. The molecular weight excluding hydrogens is 355 g/mol. The molecule has 2 aromatic rings. The molecule has 0 spiro atoms. The van der Waals surface area contributed by atoms with E-state index in [4.69, 9.17) is 0 Å². The predicted molar refractivity (Wildman–Crippen MR) is 95.1 cm³/mol. The van der Waals surface area contributed by atoms with Crippen LogP contribution in [0.1, 0.15) is 79.2 Å². The molecule has 1 aromatic heterocycles. The van der Waals surface area contributed by atoms with E-state index in [2.05, 4.69) is 10.4 Å². The molecule has 7 heteroatoms. The molecule has 0 radical (unpaired) electrons. The molecule has 2 unspecified atom stereocenters. The third-order valence-corrected chi connectivity index (χ3v) is 5.33. The maximum absolute atomic E-state index is 12.9. The van der Waals surface area contributed by atoms with Crippen molar-refractivity contribution >= 4 is 5.91 Å². The number of fused-ring (bicyclic) bond motifs is 5. The lowest BCUT2D eigenvalue weighted by Gasteiger charge is -2.20. The second-order valence-corrected chi connectivity index (χ2v) is 8.51. The SMILES string of the molecule is CC(C)(C)NC(=O)c1nn(-c2ccc(C(F)(F)F)cc2)c2c1C1CCC2C1. The third-order valence-electron chi connectivity index (χ3n) is 5.33. The van der Waals surface area contributed by atoms with Gasteiger partial charge in [-0.15, -0.1) is 0 Å². The van der Waals surface area contributed by atoms with Crippen molar-refractivity contribution in [2.75, 3.05) is 0 Å². The number of hydrogen-bond donors (Lipinski definition) is 1. The summed E-state index contributed by atoms with van der Waals surface area (Å²) in [7, 11) is 0. The van der Waals surface area contributed by atoms with Crippen molar-refractivity contribution < 1.29 is 18.0 Å². The molecule has 1 heterocycles. The van der Waals surface area contributed by atoms with E-state index in [-0.39, 0.29) is 11.4 Å². The number of nitrogens with zero attached hydrogens (tertiary/aromatic N) is 2. The Morgan fingerprint density at radius 1 is 1.11 bits per heavy atom. The van der Waals surface area contributed by atoms with Crippen LogP contribution >= 0.6 is 0 Å². The van der Waals surface area contributed by atoms with Crippen LogP contribution in [0.4, 0.5) is 13.2 Å². The summed E-state index contributed by atoms with van der Waals surface area (Å²) in [5, 5.41) is 7.50. The highest BCUT2D eigenvalue weighted by Crippen LogP contribution is 2.54. The van der Waals surface area contributed by atoms with Gasteiger partial charge in [-0.25, -0.2) is 4.68 Å². The van der Waals surface area contributed by atoms with Gasteiger partial charge in [-0.3, -0.25) is 4.79 Å². The number of halogens is 3. The molecule has 0 aliphatic heterocycles. The number of hydrogen-bond acceptors (Lipinski definition) is 2. The molecule has 1 saturated carbocycles. The third kappa shape index (κ3) is 3.13. The van der Waals surface area contributed by atoms with Gasteiger partial charge in [-0.1, -0.05) is 0 Å². The van der Waals surface area contributed by atoms with Gasteiger partial charge >= 0.3 is 6.18 Å². The Labute approximate surface area is 155 Å². The van der Waals surface area contributed by atoms with Gasteiger partial charge in [0.2, 0.25) is 0 Å². The molecule has 144 valence electrons. The molecule has 4 rings (SSSR count). The van der Waals surface area contributed by atoms with E-state index in [0.29, 0.717) is 23.2 Å². The fourth-order valence-corrected chi connectivity index (χ4v) is 4.29. The van der Waals surface area contributed by atoms with Crippen molar-refractivity contribution in [2.45, 2.75) is 63.6 Å². The Morgan fingerprint density at radius 2 is 1.74 bits per heavy atom. The van der Waals surface area contributed by atoms with E-state index < -0.39 is 11.7 Å². The van der Waals surface area contributed by atoms with Crippen molar-refractivity contribution in [1.82, 2.24) is 15.1 Å². The Kier molecular flexibility index (Phi) is 3.91.